The van der Waals surface area contributed by atoms with Gasteiger partial charge in [0, 0.05) is 17.4 Å². The van der Waals surface area contributed by atoms with Crippen molar-refractivity contribution in [3.63, 3.8) is 0 Å². The van der Waals surface area contributed by atoms with Crippen LogP contribution in [-0.2, 0) is 0 Å². The first-order valence-electron chi connectivity index (χ1n) is 8.42. The van der Waals surface area contributed by atoms with Crippen molar-refractivity contribution in [3.05, 3.63) is 82.3 Å². The normalized spacial score (nSPS) is 11.1. The number of fused-ring (bicyclic) bond motifs is 1. The van der Waals surface area contributed by atoms with E-state index >= 15 is 0 Å². The minimum absolute atomic E-state index is 0.129. The molecule has 1 amide bonds. The summed E-state index contributed by atoms with van der Waals surface area (Å²) in [4.78, 5) is 16.9. The van der Waals surface area contributed by atoms with Gasteiger partial charge in [-0.3, -0.25) is 4.79 Å². The number of nitrogens with zero attached hydrogens (tertiary/aromatic N) is 3. The van der Waals surface area contributed by atoms with Crippen LogP contribution in [0, 0.1) is 24.4 Å². The van der Waals surface area contributed by atoms with E-state index in [9.17, 15) is 18.0 Å². The first-order valence-corrected chi connectivity index (χ1v) is 8.79. The minimum atomic E-state index is -1.33. The SMILES string of the molecule is Cc1c(NC(=O)c2ccc(F)c(F)c2Cl)cc(F)cc1-c1nc2ccccn2n1. The zero-order chi connectivity index (χ0) is 20.7. The van der Waals surface area contributed by atoms with E-state index in [2.05, 4.69) is 15.4 Å². The van der Waals surface area contributed by atoms with Crippen LogP contribution in [-0.4, -0.2) is 20.5 Å². The van der Waals surface area contributed by atoms with Crippen molar-refractivity contribution in [2.75, 3.05) is 5.32 Å². The predicted octanol–water partition coefficient (Wildman–Crippen LogP) is 5.03. The van der Waals surface area contributed by atoms with Gasteiger partial charge in [-0.2, -0.15) is 0 Å². The zero-order valence-corrected chi connectivity index (χ0v) is 15.6. The van der Waals surface area contributed by atoms with Crippen molar-refractivity contribution in [2.24, 2.45) is 0 Å². The zero-order valence-electron chi connectivity index (χ0n) is 14.9. The topological polar surface area (TPSA) is 59.3 Å². The molecule has 0 fully saturated rings. The molecule has 0 aliphatic heterocycles. The number of aromatic nitrogens is 3. The van der Waals surface area contributed by atoms with Crippen LogP contribution >= 0.6 is 11.6 Å². The van der Waals surface area contributed by atoms with Crippen LogP contribution in [0.2, 0.25) is 5.02 Å². The standard InChI is InChI=1S/C20H12ClF3N4O/c1-10-13(19-26-16-4-2-3-7-28(16)27-19)8-11(22)9-15(10)25-20(29)12-5-6-14(23)18(24)17(12)21/h2-9H,1H3,(H,25,29). The van der Waals surface area contributed by atoms with Crippen molar-refractivity contribution in [1.82, 2.24) is 14.6 Å². The monoisotopic (exact) mass is 416 g/mol. The number of nitrogens with one attached hydrogen (secondary N) is 1. The summed E-state index contributed by atoms with van der Waals surface area (Å²) in [5.41, 5.74) is 1.30. The third-order valence-electron chi connectivity index (χ3n) is 4.38. The second-order valence-electron chi connectivity index (χ2n) is 6.24. The third-order valence-corrected chi connectivity index (χ3v) is 4.75. The maximum atomic E-state index is 14.2. The molecule has 2 aromatic heterocycles. The van der Waals surface area contributed by atoms with Crippen molar-refractivity contribution in [2.45, 2.75) is 6.92 Å². The van der Waals surface area contributed by atoms with Gasteiger partial charge < -0.3 is 5.32 Å². The summed E-state index contributed by atoms with van der Waals surface area (Å²) >= 11 is 5.73. The van der Waals surface area contributed by atoms with Gasteiger partial charge in [0.25, 0.3) is 5.91 Å². The first kappa shape index (κ1) is 18.9. The average molecular weight is 417 g/mol. The first-order chi connectivity index (χ1) is 13.8. The van der Waals surface area contributed by atoms with Gasteiger partial charge in [-0.25, -0.2) is 22.7 Å². The van der Waals surface area contributed by atoms with Crippen LogP contribution in [0.4, 0.5) is 18.9 Å². The van der Waals surface area contributed by atoms with E-state index < -0.39 is 28.4 Å². The molecule has 2 aromatic carbocycles. The van der Waals surface area contributed by atoms with Crippen LogP contribution in [0.3, 0.4) is 0 Å². The molecular weight excluding hydrogens is 405 g/mol. The quantitative estimate of drug-likeness (QED) is 0.477. The third kappa shape index (κ3) is 3.42. The molecule has 1 N–H and O–H groups in total. The molecule has 9 heteroatoms. The molecule has 0 unspecified atom stereocenters. The Bertz CT molecular complexity index is 1240. The molecule has 29 heavy (non-hydrogen) atoms. The molecule has 0 aliphatic rings. The number of rotatable bonds is 3. The summed E-state index contributed by atoms with van der Waals surface area (Å²) in [6.07, 6.45) is 1.70. The summed E-state index contributed by atoms with van der Waals surface area (Å²) < 4.78 is 42.7. The van der Waals surface area contributed by atoms with Crippen LogP contribution < -0.4 is 5.32 Å². The highest BCUT2D eigenvalue weighted by Gasteiger charge is 2.20. The Morgan fingerprint density at radius 1 is 1.14 bits per heavy atom. The van der Waals surface area contributed by atoms with Crippen LogP contribution in [0.1, 0.15) is 15.9 Å². The van der Waals surface area contributed by atoms with Gasteiger partial charge in [-0.05, 0) is 48.9 Å². The Labute approximate surface area is 167 Å². The second-order valence-corrected chi connectivity index (χ2v) is 6.62. The molecular formula is C20H12ClF3N4O. The van der Waals surface area contributed by atoms with Gasteiger partial charge in [-0.15, -0.1) is 5.10 Å². The smallest absolute Gasteiger partial charge is 0.257 e. The highest BCUT2D eigenvalue weighted by atomic mass is 35.5. The predicted molar refractivity (Wildman–Crippen MR) is 102 cm³/mol. The van der Waals surface area contributed by atoms with Gasteiger partial charge in [-0.1, -0.05) is 17.7 Å². The number of pyridine rings is 1. The van der Waals surface area contributed by atoms with E-state index in [1.54, 1.807) is 35.8 Å². The Kier molecular flexibility index (Phi) is 4.71. The van der Waals surface area contributed by atoms with E-state index in [1.807, 2.05) is 0 Å². The number of amides is 1. The number of carbonyl (C=O) groups is 1. The van der Waals surface area contributed by atoms with Crippen LogP contribution in [0.15, 0.2) is 48.7 Å². The van der Waals surface area contributed by atoms with Gasteiger partial charge in [0.1, 0.15) is 5.82 Å². The number of benzene rings is 2. The second kappa shape index (κ2) is 7.21. The van der Waals surface area contributed by atoms with Crippen LogP contribution in [0.25, 0.3) is 17.0 Å². The molecule has 0 saturated heterocycles. The highest BCUT2D eigenvalue weighted by molar-refractivity contribution is 6.34. The van der Waals surface area contributed by atoms with Crippen LogP contribution in [0.5, 0.6) is 0 Å². The van der Waals surface area contributed by atoms with E-state index in [1.165, 1.54) is 6.07 Å². The summed E-state index contributed by atoms with van der Waals surface area (Å²) in [5, 5.41) is 6.14. The molecule has 146 valence electrons. The summed E-state index contributed by atoms with van der Waals surface area (Å²) in [7, 11) is 0. The summed E-state index contributed by atoms with van der Waals surface area (Å²) in [6, 6.07) is 9.53. The number of halogens is 4. The maximum absolute atomic E-state index is 14.2. The lowest BCUT2D eigenvalue weighted by Gasteiger charge is -2.12. The average Bonchev–Trinajstić information content (AvgIpc) is 3.12. The maximum Gasteiger partial charge on any atom is 0.257 e. The van der Waals surface area contributed by atoms with E-state index in [4.69, 9.17) is 11.6 Å². The molecule has 4 aromatic rings. The van der Waals surface area contributed by atoms with Crippen molar-refractivity contribution < 1.29 is 18.0 Å². The van der Waals surface area contributed by atoms with Crippen molar-refractivity contribution >= 4 is 28.8 Å². The molecule has 0 atom stereocenters. The minimum Gasteiger partial charge on any atom is -0.322 e. The molecule has 0 spiro atoms. The van der Waals surface area contributed by atoms with Gasteiger partial charge >= 0.3 is 0 Å². The molecule has 0 aliphatic carbocycles. The molecule has 4 rings (SSSR count). The van der Waals surface area contributed by atoms with Crippen molar-refractivity contribution in [1.29, 1.82) is 0 Å². The van der Waals surface area contributed by atoms with E-state index in [0.717, 1.165) is 18.2 Å². The lowest BCUT2D eigenvalue weighted by atomic mass is 10.1. The van der Waals surface area contributed by atoms with E-state index in [-0.39, 0.29) is 17.1 Å². The number of hydrogen-bond acceptors (Lipinski definition) is 3. The lowest BCUT2D eigenvalue weighted by molar-refractivity contribution is 0.102. The Morgan fingerprint density at radius 3 is 2.69 bits per heavy atom. The van der Waals surface area contributed by atoms with Gasteiger partial charge in [0.05, 0.1) is 10.6 Å². The highest BCUT2D eigenvalue weighted by Crippen LogP contribution is 2.30. The fourth-order valence-electron chi connectivity index (χ4n) is 2.88. The number of carbonyl (C=O) groups excluding carboxylic acids is 1. The Balaban J connectivity index is 1.74. The fourth-order valence-corrected chi connectivity index (χ4v) is 3.12. The molecule has 0 saturated carbocycles. The fraction of sp³-hybridized carbons (Fsp3) is 0.0500. The summed E-state index contributed by atoms with van der Waals surface area (Å²) in [6.45, 7) is 1.66. The molecule has 0 radical (unpaired) electrons. The Hall–Kier alpha value is -3.39. The van der Waals surface area contributed by atoms with Gasteiger partial charge in [0.2, 0.25) is 0 Å². The van der Waals surface area contributed by atoms with Gasteiger partial charge in [0.15, 0.2) is 23.1 Å². The number of hydrogen-bond donors (Lipinski definition) is 1. The molecule has 0 bridgehead atoms. The number of anilines is 1. The Morgan fingerprint density at radius 2 is 1.93 bits per heavy atom. The lowest BCUT2D eigenvalue weighted by Crippen LogP contribution is -2.15. The van der Waals surface area contributed by atoms with Crippen molar-refractivity contribution in [3.8, 4) is 11.4 Å². The largest absolute Gasteiger partial charge is 0.322 e. The molecule has 2 heterocycles. The summed E-state index contributed by atoms with van der Waals surface area (Å²) in [5.74, 6) is -3.67. The molecule has 5 nitrogen and oxygen atoms in total. The van der Waals surface area contributed by atoms with E-state index in [0.29, 0.717) is 16.8 Å².